The van der Waals surface area contributed by atoms with Crippen LogP contribution in [0.25, 0.3) is 0 Å². The fourth-order valence-electron chi connectivity index (χ4n) is 0.661. The number of hydrogen-bond acceptors (Lipinski definition) is 8. The van der Waals surface area contributed by atoms with Crippen molar-refractivity contribution >= 4 is 11.9 Å². The summed E-state index contributed by atoms with van der Waals surface area (Å²) in [7, 11) is 0. The second-order valence-electron chi connectivity index (χ2n) is 2.48. The second kappa shape index (κ2) is 3.03. The summed E-state index contributed by atoms with van der Waals surface area (Å²) in [5.74, 6) is -9.07. The van der Waals surface area contributed by atoms with E-state index in [1.165, 1.54) is 0 Å². The van der Waals surface area contributed by atoms with Crippen molar-refractivity contribution < 1.29 is 34.4 Å². The van der Waals surface area contributed by atoms with Gasteiger partial charge in [-0.05, 0) is 0 Å². The minimum Gasteiger partial charge on any atom is -0.399 e. The van der Waals surface area contributed by atoms with Gasteiger partial charge in [-0.25, -0.2) is 9.59 Å². The molecule has 1 aliphatic rings. The van der Waals surface area contributed by atoms with Crippen LogP contribution in [0.1, 0.15) is 0 Å². The number of carbonyl (C=O) groups excluding carboxylic acids is 2. The van der Waals surface area contributed by atoms with Crippen molar-refractivity contribution in [3.8, 4) is 0 Å². The zero-order chi connectivity index (χ0) is 11.0. The van der Waals surface area contributed by atoms with E-state index in [1.807, 2.05) is 0 Å². The lowest BCUT2D eigenvalue weighted by Crippen LogP contribution is -2.65. The molecule has 5 N–H and O–H groups in total. The van der Waals surface area contributed by atoms with E-state index in [2.05, 4.69) is 9.47 Å². The van der Waals surface area contributed by atoms with Crippen LogP contribution in [0.5, 0.6) is 0 Å². The van der Waals surface area contributed by atoms with Crippen LogP contribution in [0.15, 0.2) is 12.2 Å². The molecule has 1 aliphatic heterocycles. The van der Waals surface area contributed by atoms with Crippen LogP contribution in [0, 0.1) is 0 Å². The van der Waals surface area contributed by atoms with Gasteiger partial charge in [0, 0.05) is 12.2 Å². The molecule has 0 amide bonds. The molecule has 0 saturated heterocycles. The first-order valence-corrected chi connectivity index (χ1v) is 3.34. The number of nitrogens with two attached hydrogens (primary N) is 1. The number of aliphatic hydroxyl groups is 3. The normalized spacial score (nSPS) is 21.1. The largest absolute Gasteiger partial charge is 0.401 e. The van der Waals surface area contributed by atoms with E-state index in [1.54, 1.807) is 0 Å². The van der Waals surface area contributed by atoms with Crippen molar-refractivity contribution in [1.29, 1.82) is 0 Å². The molecule has 8 heteroatoms. The van der Waals surface area contributed by atoms with Crippen LogP contribution in [0.4, 0.5) is 0 Å². The Kier molecular flexibility index (Phi) is 2.29. The molecular weight excluding hydrogens is 198 g/mol. The summed E-state index contributed by atoms with van der Waals surface area (Å²) in [5.41, 5.74) is 4.94. The number of ether oxygens (including phenoxy) is 2. The minimum absolute atomic E-state index is 0.655. The maximum atomic E-state index is 10.7. The maximum Gasteiger partial charge on any atom is 0.401 e. The Morgan fingerprint density at radius 2 is 1.50 bits per heavy atom. The number of hydrogen-bond donors (Lipinski definition) is 4. The summed E-state index contributed by atoms with van der Waals surface area (Å²) in [5, 5.41) is 26.0. The molecule has 0 saturated carbocycles. The number of cyclic esters (lactones) is 2. The van der Waals surface area contributed by atoms with Gasteiger partial charge in [0.25, 0.3) is 0 Å². The third-order valence-electron chi connectivity index (χ3n) is 1.33. The molecule has 0 aromatic heterocycles. The lowest BCUT2D eigenvalue weighted by Gasteiger charge is -2.32. The molecule has 0 bridgehead atoms. The highest BCUT2D eigenvalue weighted by Gasteiger charge is 2.54. The van der Waals surface area contributed by atoms with Crippen molar-refractivity contribution in [3.63, 3.8) is 0 Å². The minimum atomic E-state index is -3.69. The molecule has 8 nitrogen and oxygen atoms in total. The molecule has 78 valence electrons. The Morgan fingerprint density at radius 3 is 1.79 bits per heavy atom. The van der Waals surface area contributed by atoms with E-state index < -0.39 is 23.8 Å². The van der Waals surface area contributed by atoms with Gasteiger partial charge < -0.3 is 24.8 Å². The molecule has 0 aliphatic carbocycles. The molecular formula is C6H7NO7. The zero-order valence-corrected chi connectivity index (χ0v) is 6.71. The van der Waals surface area contributed by atoms with Crippen molar-refractivity contribution in [3.05, 3.63) is 12.2 Å². The third-order valence-corrected chi connectivity index (χ3v) is 1.33. The van der Waals surface area contributed by atoms with Crippen LogP contribution in [-0.2, 0) is 19.1 Å². The van der Waals surface area contributed by atoms with E-state index in [4.69, 9.17) is 21.1 Å². The van der Waals surface area contributed by atoms with Gasteiger partial charge in [0.15, 0.2) is 0 Å². The summed E-state index contributed by atoms with van der Waals surface area (Å²) in [6.45, 7) is 0. The highest BCUT2D eigenvalue weighted by atomic mass is 16.8. The topological polar surface area (TPSA) is 139 Å². The first-order valence-electron chi connectivity index (χ1n) is 3.34. The van der Waals surface area contributed by atoms with Crippen LogP contribution in [0.3, 0.4) is 0 Å². The fourth-order valence-corrected chi connectivity index (χ4v) is 0.661. The second-order valence-corrected chi connectivity index (χ2v) is 2.48. The van der Waals surface area contributed by atoms with Crippen LogP contribution < -0.4 is 5.73 Å². The molecule has 0 radical (unpaired) electrons. The van der Waals surface area contributed by atoms with Crippen molar-refractivity contribution in [2.45, 2.75) is 11.9 Å². The lowest BCUT2D eigenvalue weighted by atomic mass is 10.4. The monoisotopic (exact) mass is 205 g/mol. The van der Waals surface area contributed by atoms with E-state index >= 15 is 0 Å². The predicted octanol–water partition coefficient (Wildman–Crippen LogP) is -3.11. The van der Waals surface area contributed by atoms with Crippen LogP contribution >= 0.6 is 0 Å². The van der Waals surface area contributed by atoms with E-state index in [9.17, 15) is 9.59 Å². The average molecular weight is 205 g/mol. The Labute approximate surface area is 77.1 Å². The fraction of sp³-hybridized carbons (Fsp3) is 0.333. The molecule has 14 heavy (non-hydrogen) atoms. The number of carbonyl (C=O) groups is 2. The Morgan fingerprint density at radius 1 is 1.14 bits per heavy atom. The van der Waals surface area contributed by atoms with E-state index in [0.29, 0.717) is 12.2 Å². The van der Waals surface area contributed by atoms with Gasteiger partial charge in [0.05, 0.1) is 0 Å². The lowest BCUT2D eigenvalue weighted by molar-refractivity contribution is -0.441. The molecule has 0 unspecified atom stereocenters. The van der Waals surface area contributed by atoms with Gasteiger partial charge in [0.1, 0.15) is 0 Å². The number of rotatable bonds is 1. The van der Waals surface area contributed by atoms with E-state index in [-0.39, 0.29) is 0 Å². The molecule has 1 heterocycles. The quantitative estimate of drug-likeness (QED) is 0.260. The molecule has 0 fully saturated rings. The summed E-state index contributed by atoms with van der Waals surface area (Å²) in [6.07, 6.45) is 1.31. The SMILES string of the molecule is NC1(C(O)(O)O)OC(=O)C=CC(=O)O1. The van der Waals surface area contributed by atoms with E-state index in [0.717, 1.165) is 0 Å². The highest BCUT2D eigenvalue weighted by Crippen LogP contribution is 2.20. The third kappa shape index (κ3) is 1.88. The Hall–Kier alpha value is -1.48. The summed E-state index contributed by atoms with van der Waals surface area (Å²) < 4.78 is 8.19. The predicted molar refractivity (Wildman–Crippen MR) is 37.6 cm³/mol. The summed E-state index contributed by atoms with van der Waals surface area (Å²) >= 11 is 0. The van der Waals surface area contributed by atoms with Gasteiger partial charge in [-0.3, -0.25) is 5.73 Å². The van der Waals surface area contributed by atoms with Gasteiger partial charge in [-0.2, -0.15) is 0 Å². The Bertz CT molecular complexity index is 282. The van der Waals surface area contributed by atoms with Crippen molar-refractivity contribution in [2.75, 3.05) is 0 Å². The Balaban J connectivity index is 3.01. The van der Waals surface area contributed by atoms with Crippen LogP contribution in [0.2, 0.25) is 0 Å². The first-order chi connectivity index (χ1) is 6.24. The smallest absolute Gasteiger partial charge is 0.399 e. The van der Waals surface area contributed by atoms with Crippen molar-refractivity contribution in [1.82, 2.24) is 0 Å². The van der Waals surface area contributed by atoms with Crippen LogP contribution in [-0.4, -0.2) is 39.1 Å². The average Bonchev–Trinajstić information content (AvgIpc) is 2.09. The molecule has 0 aromatic rings. The zero-order valence-electron chi connectivity index (χ0n) is 6.71. The maximum absolute atomic E-state index is 10.7. The highest BCUT2D eigenvalue weighted by molar-refractivity contribution is 5.93. The van der Waals surface area contributed by atoms with Gasteiger partial charge >= 0.3 is 23.8 Å². The summed E-state index contributed by atoms with van der Waals surface area (Å²) in [6, 6.07) is 0. The standard InChI is InChI=1S/C6H7NO7/c7-5(6(10,11)12)13-3(8)1-2-4(9)14-5/h1-2,10-12H,7H2. The van der Waals surface area contributed by atoms with Gasteiger partial charge in [-0.15, -0.1) is 0 Å². The first kappa shape index (κ1) is 10.6. The number of esters is 2. The molecule has 0 aromatic carbocycles. The molecule has 1 rings (SSSR count). The van der Waals surface area contributed by atoms with Gasteiger partial charge in [-0.1, -0.05) is 0 Å². The summed E-state index contributed by atoms with van der Waals surface area (Å²) in [4.78, 5) is 21.5. The molecule has 0 spiro atoms. The van der Waals surface area contributed by atoms with Crippen molar-refractivity contribution in [2.24, 2.45) is 5.73 Å². The molecule has 0 atom stereocenters. The van der Waals surface area contributed by atoms with Gasteiger partial charge in [0.2, 0.25) is 0 Å².